The van der Waals surface area contributed by atoms with Crippen LogP contribution < -0.4 is 29.0 Å². The molecule has 5 heteroatoms. The molecule has 1 N–H and O–H groups in total. The van der Waals surface area contributed by atoms with Crippen molar-refractivity contribution < 1.29 is 29.0 Å². The molecule has 3 nitrogen and oxygen atoms in total. The Labute approximate surface area is 118 Å². The van der Waals surface area contributed by atoms with Gasteiger partial charge >= 0.3 is 5.82 Å². The number of nitrogens with zero attached hydrogens (tertiary/aromatic N) is 2. The number of hydrogen-bond acceptors (Lipinski definition) is 2. The van der Waals surface area contributed by atoms with Crippen molar-refractivity contribution >= 4 is 34.0 Å². The number of aromatic amines is 1. The minimum absolute atomic E-state index is 0. The second-order valence-corrected chi connectivity index (χ2v) is 3.62. The van der Waals surface area contributed by atoms with E-state index in [1.807, 2.05) is 24.4 Å². The fraction of sp³-hybridized carbons (Fsp3) is 0. The first-order valence-corrected chi connectivity index (χ1v) is 5.15. The van der Waals surface area contributed by atoms with Gasteiger partial charge in [0.1, 0.15) is 15.5 Å². The van der Waals surface area contributed by atoms with E-state index in [1.165, 1.54) is 0 Å². The fourth-order valence-electron chi connectivity index (χ4n) is 1.06. The van der Waals surface area contributed by atoms with Crippen LogP contribution in [0.15, 0.2) is 45.4 Å². The minimum atomic E-state index is 0. The highest BCUT2D eigenvalue weighted by molar-refractivity contribution is 14.1. The predicted molar refractivity (Wildman–Crippen MR) is 62.9 cm³/mol. The average molecular weight is 423 g/mol. The summed E-state index contributed by atoms with van der Waals surface area (Å²) < 4.78 is 0.877. The Balaban J connectivity index is 0.00000112. The Hall–Kier alpha value is -0.530. The molecule has 2 rings (SSSR count). The molecule has 0 amide bonds. The summed E-state index contributed by atoms with van der Waals surface area (Å²) in [6, 6.07) is 1.85. The maximum Gasteiger partial charge on any atom is 0.330 e. The Morgan fingerprint density at radius 1 is 1.40 bits per heavy atom. The first kappa shape index (κ1) is 12.5. The lowest BCUT2D eigenvalue weighted by Gasteiger charge is -1.93. The van der Waals surface area contributed by atoms with Gasteiger partial charge in [-0.25, -0.2) is 4.98 Å². The number of aromatic nitrogens is 2. The molecule has 2 heterocycles. The number of allylic oxidation sites excluding steroid dienone is 4. The van der Waals surface area contributed by atoms with Gasteiger partial charge in [0.25, 0.3) is 0 Å². The SMILES string of the molecule is IC1=C(c2nccc[nH+]2)C=CC=C=N1.[I-]. The third kappa shape index (κ3) is 3.22. The third-order valence-corrected chi connectivity index (χ3v) is 2.50. The van der Waals surface area contributed by atoms with Crippen molar-refractivity contribution in [2.45, 2.75) is 0 Å². The Morgan fingerprint density at radius 3 is 3.00 bits per heavy atom. The molecule has 0 saturated heterocycles. The first-order chi connectivity index (χ1) is 6.88. The molecule has 0 fully saturated rings. The number of rotatable bonds is 1. The lowest BCUT2D eigenvalue weighted by Crippen LogP contribution is -3.00. The van der Waals surface area contributed by atoms with Crippen LogP contribution in [0.3, 0.4) is 0 Å². The van der Waals surface area contributed by atoms with Gasteiger partial charge in [-0.2, -0.15) is 4.99 Å². The maximum atomic E-state index is 4.22. The summed E-state index contributed by atoms with van der Waals surface area (Å²) in [5.41, 5.74) is 0.979. The zero-order chi connectivity index (χ0) is 9.80. The Kier molecular flexibility index (Phi) is 5.13. The van der Waals surface area contributed by atoms with E-state index in [-0.39, 0.29) is 24.0 Å². The van der Waals surface area contributed by atoms with Gasteiger partial charge in [0.2, 0.25) is 0 Å². The van der Waals surface area contributed by atoms with Crippen LogP contribution in [-0.2, 0) is 0 Å². The van der Waals surface area contributed by atoms with E-state index in [0.29, 0.717) is 0 Å². The van der Waals surface area contributed by atoms with E-state index in [2.05, 4.69) is 43.4 Å². The number of halogens is 2. The summed E-state index contributed by atoms with van der Waals surface area (Å²) in [5, 5.41) is 0. The number of aliphatic imine (C=N–C) groups is 1. The second kappa shape index (κ2) is 6.14. The van der Waals surface area contributed by atoms with Crippen LogP contribution >= 0.6 is 22.6 Å². The molecule has 1 aromatic rings. The lowest BCUT2D eigenvalue weighted by molar-refractivity contribution is -0.386. The number of nitrogens with one attached hydrogen (secondary N) is 1. The molecule has 1 aromatic heterocycles. The topological polar surface area (TPSA) is 39.4 Å². The molecule has 1 aliphatic heterocycles. The van der Waals surface area contributed by atoms with E-state index < -0.39 is 0 Å². The highest BCUT2D eigenvalue weighted by atomic mass is 127. The molecular formula is C10H7I2N3. The molecule has 0 atom stereocenters. The summed E-state index contributed by atoms with van der Waals surface area (Å²) in [5.74, 6) is 3.62. The molecule has 0 radical (unpaired) electrons. The van der Waals surface area contributed by atoms with Gasteiger partial charge in [-0.3, -0.25) is 0 Å². The van der Waals surface area contributed by atoms with Crippen molar-refractivity contribution in [3.8, 4) is 0 Å². The smallest absolute Gasteiger partial charge is 0.330 e. The largest absolute Gasteiger partial charge is 1.00 e. The summed E-state index contributed by atoms with van der Waals surface area (Å²) in [7, 11) is 0. The Bertz CT molecular complexity index is 457. The normalized spacial score (nSPS) is 13.7. The second-order valence-electron chi connectivity index (χ2n) is 2.60. The molecule has 0 aromatic carbocycles. The number of hydrogen-bond donors (Lipinski definition) is 0. The van der Waals surface area contributed by atoms with Crippen LogP contribution in [0.25, 0.3) is 5.57 Å². The van der Waals surface area contributed by atoms with Crippen molar-refractivity contribution in [2.24, 2.45) is 4.99 Å². The van der Waals surface area contributed by atoms with Gasteiger partial charge in [0.15, 0.2) is 0 Å². The maximum absolute atomic E-state index is 4.22. The molecule has 0 unspecified atom stereocenters. The highest BCUT2D eigenvalue weighted by Gasteiger charge is 2.12. The zero-order valence-electron chi connectivity index (χ0n) is 7.61. The summed E-state index contributed by atoms with van der Waals surface area (Å²) in [4.78, 5) is 11.4. The van der Waals surface area contributed by atoms with Crippen LogP contribution in [-0.4, -0.2) is 10.9 Å². The van der Waals surface area contributed by atoms with Crippen LogP contribution in [0, 0.1) is 0 Å². The fourth-order valence-corrected chi connectivity index (χ4v) is 1.63. The standard InChI is InChI=1S/C10H6IN3.HI/c11-9-8(4-1-2-5-12-9)10-13-6-3-7-14-10;/h1-4,6-7H;1H. The van der Waals surface area contributed by atoms with Gasteiger partial charge in [0.05, 0.1) is 6.20 Å². The van der Waals surface area contributed by atoms with Crippen molar-refractivity contribution in [1.29, 1.82) is 0 Å². The summed E-state index contributed by atoms with van der Waals surface area (Å²) >= 11 is 2.17. The molecule has 1 aliphatic rings. The van der Waals surface area contributed by atoms with Gasteiger partial charge in [-0.15, -0.1) is 0 Å². The van der Waals surface area contributed by atoms with Crippen molar-refractivity contribution in [1.82, 2.24) is 4.98 Å². The molecule has 0 spiro atoms. The third-order valence-electron chi connectivity index (χ3n) is 1.68. The van der Waals surface area contributed by atoms with Gasteiger partial charge in [-0.1, -0.05) is 6.08 Å². The van der Waals surface area contributed by atoms with Crippen molar-refractivity contribution in [3.05, 3.63) is 46.2 Å². The monoisotopic (exact) mass is 423 g/mol. The minimum Gasteiger partial charge on any atom is -1.00 e. The Morgan fingerprint density at radius 2 is 2.27 bits per heavy atom. The van der Waals surface area contributed by atoms with Crippen LogP contribution in [0.1, 0.15) is 5.82 Å². The molecule has 76 valence electrons. The molecule has 0 bridgehead atoms. The summed E-state index contributed by atoms with van der Waals surface area (Å²) in [6.07, 6.45) is 9.22. The highest BCUT2D eigenvalue weighted by Crippen LogP contribution is 2.22. The van der Waals surface area contributed by atoms with Crippen LogP contribution in [0.5, 0.6) is 0 Å². The van der Waals surface area contributed by atoms with Crippen molar-refractivity contribution in [3.63, 3.8) is 0 Å². The quantitative estimate of drug-likeness (QED) is 0.414. The van der Waals surface area contributed by atoms with E-state index in [9.17, 15) is 0 Å². The number of H-pyrrole nitrogens is 1. The molecule has 15 heavy (non-hydrogen) atoms. The zero-order valence-corrected chi connectivity index (χ0v) is 11.9. The van der Waals surface area contributed by atoms with Gasteiger partial charge in [-0.05, 0) is 45.6 Å². The van der Waals surface area contributed by atoms with E-state index in [0.717, 1.165) is 15.1 Å². The first-order valence-electron chi connectivity index (χ1n) is 4.07. The van der Waals surface area contributed by atoms with E-state index >= 15 is 0 Å². The molecular weight excluding hydrogens is 416 g/mol. The van der Waals surface area contributed by atoms with E-state index in [4.69, 9.17) is 0 Å². The average Bonchev–Trinajstić information content (AvgIpc) is 2.44. The lowest BCUT2D eigenvalue weighted by atomic mass is 10.2. The van der Waals surface area contributed by atoms with Gasteiger partial charge in [0, 0.05) is 6.07 Å². The summed E-state index contributed by atoms with van der Waals surface area (Å²) in [6.45, 7) is 0. The van der Waals surface area contributed by atoms with Crippen LogP contribution in [0.4, 0.5) is 0 Å². The van der Waals surface area contributed by atoms with E-state index in [1.54, 1.807) is 12.3 Å². The molecule has 0 saturated carbocycles. The predicted octanol–water partition coefficient (Wildman–Crippen LogP) is -1.20. The van der Waals surface area contributed by atoms with Crippen LogP contribution in [0.2, 0.25) is 0 Å². The molecule has 0 aliphatic carbocycles. The van der Waals surface area contributed by atoms with Crippen molar-refractivity contribution in [2.75, 3.05) is 0 Å². The van der Waals surface area contributed by atoms with Gasteiger partial charge < -0.3 is 24.0 Å².